The Kier molecular flexibility index (Phi) is 4.05. The summed E-state index contributed by atoms with van der Waals surface area (Å²) in [6.45, 7) is 2.00. The molecule has 2 heterocycles. The Morgan fingerprint density at radius 3 is 2.42 bits per heavy atom. The van der Waals surface area contributed by atoms with Crippen LogP contribution < -0.4 is 0 Å². The predicted molar refractivity (Wildman–Crippen MR) is 100 cm³/mol. The van der Waals surface area contributed by atoms with E-state index in [1.54, 1.807) is 12.1 Å². The number of imidazole rings is 1. The number of carboxylic acid groups (broad SMARTS) is 1. The number of carbonyl (C=O) groups is 1. The Bertz CT molecular complexity index is 1100. The molecule has 4 nitrogen and oxygen atoms in total. The van der Waals surface area contributed by atoms with Gasteiger partial charge in [-0.1, -0.05) is 48.6 Å². The van der Waals surface area contributed by atoms with Crippen molar-refractivity contribution in [3.05, 3.63) is 71.0 Å². The third kappa shape index (κ3) is 2.59. The highest BCUT2D eigenvalue weighted by molar-refractivity contribution is 7.19. The van der Waals surface area contributed by atoms with E-state index in [-0.39, 0.29) is 10.7 Å². The molecule has 4 rings (SSSR count). The molecule has 0 aliphatic heterocycles. The Balaban J connectivity index is 2.04. The average molecular weight is 366 g/mol. The van der Waals surface area contributed by atoms with Gasteiger partial charge in [-0.15, -0.1) is 0 Å². The number of fused-ring (bicyclic) bond motifs is 1. The van der Waals surface area contributed by atoms with Gasteiger partial charge in [-0.05, 0) is 30.7 Å². The number of benzene rings is 2. The van der Waals surface area contributed by atoms with E-state index in [1.165, 1.54) is 12.1 Å². The third-order valence-corrected chi connectivity index (χ3v) is 5.30. The molecule has 1 N–H and O–H groups in total. The average Bonchev–Trinajstić information content (AvgIpc) is 3.19. The number of carboxylic acids is 1. The summed E-state index contributed by atoms with van der Waals surface area (Å²) >= 11 is 1.15. The van der Waals surface area contributed by atoms with Gasteiger partial charge in [0.05, 0.1) is 17.1 Å². The van der Waals surface area contributed by atoms with Gasteiger partial charge < -0.3 is 5.11 Å². The van der Waals surface area contributed by atoms with Crippen molar-refractivity contribution >= 4 is 22.3 Å². The molecule has 0 bridgehead atoms. The highest BCUT2D eigenvalue weighted by atomic mass is 32.1. The lowest BCUT2D eigenvalue weighted by Gasteiger charge is -2.07. The van der Waals surface area contributed by atoms with Crippen molar-refractivity contribution in [1.82, 2.24) is 9.38 Å². The maximum absolute atomic E-state index is 13.3. The van der Waals surface area contributed by atoms with Crippen LogP contribution in [-0.2, 0) is 6.42 Å². The summed E-state index contributed by atoms with van der Waals surface area (Å²) in [7, 11) is 0. The Morgan fingerprint density at radius 1 is 1.12 bits per heavy atom. The van der Waals surface area contributed by atoms with E-state index in [0.717, 1.165) is 33.9 Å². The van der Waals surface area contributed by atoms with Gasteiger partial charge >= 0.3 is 5.97 Å². The maximum Gasteiger partial charge on any atom is 0.348 e. The lowest BCUT2D eigenvalue weighted by molar-refractivity contribution is 0.0702. The quantitative estimate of drug-likeness (QED) is 0.545. The van der Waals surface area contributed by atoms with Crippen LogP contribution in [0.25, 0.3) is 27.5 Å². The molecule has 0 aliphatic rings. The van der Waals surface area contributed by atoms with Crippen LogP contribution in [0.2, 0.25) is 0 Å². The fourth-order valence-corrected chi connectivity index (χ4v) is 4.14. The summed E-state index contributed by atoms with van der Waals surface area (Å²) in [5.41, 5.74) is 3.95. The van der Waals surface area contributed by atoms with Crippen molar-refractivity contribution in [2.75, 3.05) is 0 Å². The fraction of sp³-hybridized carbons (Fsp3) is 0.100. The SMILES string of the molecule is CCc1c(-c2ccc(F)cc2)nc2sc(C(=O)O)c(-c3ccccc3)n12. The number of aryl methyl sites for hydroxylation is 1. The van der Waals surface area contributed by atoms with E-state index in [0.29, 0.717) is 17.1 Å². The first-order valence-electron chi connectivity index (χ1n) is 8.19. The Hall–Kier alpha value is -2.99. The van der Waals surface area contributed by atoms with Crippen LogP contribution >= 0.6 is 11.3 Å². The topological polar surface area (TPSA) is 54.6 Å². The number of aromatic carboxylic acids is 1. The Morgan fingerprint density at radius 2 is 1.81 bits per heavy atom. The van der Waals surface area contributed by atoms with Gasteiger partial charge in [0.15, 0.2) is 4.96 Å². The first kappa shape index (κ1) is 16.5. The van der Waals surface area contributed by atoms with Crippen LogP contribution in [0.3, 0.4) is 0 Å². The molecule has 2 aromatic carbocycles. The lowest BCUT2D eigenvalue weighted by atomic mass is 10.1. The van der Waals surface area contributed by atoms with Gasteiger partial charge in [0.1, 0.15) is 10.7 Å². The van der Waals surface area contributed by atoms with Crippen LogP contribution in [0.5, 0.6) is 0 Å². The molecule has 4 aromatic rings. The van der Waals surface area contributed by atoms with Gasteiger partial charge in [0.2, 0.25) is 0 Å². The molecule has 0 aliphatic carbocycles. The first-order valence-corrected chi connectivity index (χ1v) is 9.00. The minimum absolute atomic E-state index is 0.263. The number of aromatic nitrogens is 2. The first-order chi connectivity index (χ1) is 12.6. The second-order valence-corrected chi connectivity index (χ2v) is 6.81. The zero-order valence-corrected chi connectivity index (χ0v) is 14.8. The molecule has 6 heteroatoms. The second-order valence-electron chi connectivity index (χ2n) is 5.84. The summed E-state index contributed by atoms with van der Waals surface area (Å²) in [5.74, 6) is -1.27. The molecule has 0 unspecified atom stereocenters. The van der Waals surface area contributed by atoms with Crippen LogP contribution in [0, 0.1) is 5.82 Å². The van der Waals surface area contributed by atoms with Crippen molar-refractivity contribution in [1.29, 1.82) is 0 Å². The van der Waals surface area contributed by atoms with Gasteiger partial charge in [0.25, 0.3) is 0 Å². The molecule has 0 amide bonds. The van der Waals surface area contributed by atoms with Crippen LogP contribution in [0.15, 0.2) is 54.6 Å². The van der Waals surface area contributed by atoms with Gasteiger partial charge in [-0.25, -0.2) is 14.2 Å². The van der Waals surface area contributed by atoms with Crippen molar-refractivity contribution in [3.8, 4) is 22.5 Å². The number of hydrogen-bond donors (Lipinski definition) is 1. The third-order valence-electron chi connectivity index (χ3n) is 4.27. The molecular weight excluding hydrogens is 351 g/mol. The van der Waals surface area contributed by atoms with E-state index in [1.807, 2.05) is 41.7 Å². The smallest absolute Gasteiger partial charge is 0.348 e. The highest BCUT2D eigenvalue weighted by Gasteiger charge is 2.24. The number of halogens is 1. The minimum Gasteiger partial charge on any atom is -0.477 e. The molecule has 2 aromatic heterocycles. The van der Waals surface area contributed by atoms with Gasteiger partial charge in [-0.3, -0.25) is 4.40 Å². The molecule has 0 atom stereocenters. The van der Waals surface area contributed by atoms with Crippen LogP contribution in [0.4, 0.5) is 4.39 Å². The van der Waals surface area contributed by atoms with E-state index in [2.05, 4.69) is 4.98 Å². The molecular formula is C20H15FN2O2S. The van der Waals surface area contributed by atoms with Crippen LogP contribution in [0.1, 0.15) is 22.3 Å². The largest absolute Gasteiger partial charge is 0.477 e. The molecule has 26 heavy (non-hydrogen) atoms. The van der Waals surface area contributed by atoms with Crippen LogP contribution in [-0.4, -0.2) is 20.5 Å². The van der Waals surface area contributed by atoms with E-state index in [4.69, 9.17) is 0 Å². The summed E-state index contributed by atoms with van der Waals surface area (Å²) in [6, 6.07) is 15.7. The normalized spacial score (nSPS) is 11.2. The zero-order valence-electron chi connectivity index (χ0n) is 13.9. The summed E-state index contributed by atoms with van der Waals surface area (Å²) in [6.07, 6.45) is 0.670. The molecule has 0 radical (unpaired) electrons. The van der Waals surface area contributed by atoms with Crippen molar-refractivity contribution in [2.45, 2.75) is 13.3 Å². The van der Waals surface area contributed by atoms with Crippen molar-refractivity contribution in [3.63, 3.8) is 0 Å². The maximum atomic E-state index is 13.3. The van der Waals surface area contributed by atoms with Crippen molar-refractivity contribution < 1.29 is 14.3 Å². The number of hydrogen-bond acceptors (Lipinski definition) is 3. The molecule has 0 spiro atoms. The van der Waals surface area contributed by atoms with Gasteiger partial charge in [0, 0.05) is 11.1 Å². The van der Waals surface area contributed by atoms with E-state index >= 15 is 0 Å². The zero-order chi connectivity index (χ0) is 18.3. The Labute approximate surface area is 153 Å². The standard InChI is InChI=1S/C20H15FN2O2S/c1-2-15-16(12-8-10-14(21)11-9-12)22-20-23(15)17(18(26-20)19(24)25)13-6-4-3-5-7-13/h3-11H,2H2,1H3,(H,24,25). The van der Waals surface area contributed by atoms with E-state index in [9.17, 15) is 14.3 Å². The monoisotopic (exact) mass is 366 g/mol. The van der Waals surface area contributed by atoms with E-state index < -0.39 is 5.97 Å². The fourth-order valence-electron chi connectivity index (χ4n) is 3.14. The molecule has 130 valence electrons. The summed E-state index contributed by atoms with van der Waals surface area (Å²) in [4.78, 5) is 17.3. The predicted octanol–water partition coefficient (Wildman–Crippen LogP) is 5.13. The van der Waals surface area contributed by atoms with Gasteiger partial charge in [-0.2, -0.15) is 0 Å². The summed E-state index contributed by atoms with van der Waals surface area (Å²) < 4.78 is 15.2. The molecule has 0 saturated heterocycles. The number of nitrogens with zero attached hydrogens (tertiary/aromatic N) is 2. The lowest BCUT2D eigenvalue weighted by Crippen LogP contribution is -2.00. The highest BCUT2D eigenvalue weighted by Crippen LogP contribution is 2.36. The summed E-state index contributed by atoms with van der Waals surface area (Å²) in [5, 5.41) is 9.65. The minimum atomic E-state index is -0.968. The number of thiazole rings is 1. The molecule has 0 fully saturated rings. The number of rotatable bonds is 4. The second kappa shape index (κ2) is 6.38. The molecule has 0 saturated carbocycles. The van der Waals surface area contributed by atoms with Crippen molar-refractivity contribution in [2.24, 2.45) is 0 Å².